The standard InChI is InChI=1S/C14H21NO3/c15-10-14(16,12-4-2-1-3-5-12)11-18-13-6-8-17-9-7-13/h1-5,13,16H,6-11,15H2. The van der Waals surface area contributed by atoms with Crippen molar-refractivity contribution in [1.29, 1.82) is 0 Å². The largest absolute Gasteiger partial charge is 0.381 e. The molecule has 3 N–H and O–H groups in total. The molecule has 1 aromatic carbocycles. The summed E-state index contributed by atoms with van der Waals surface area (Å²) in [5.41, 5.74) is 5.41. The molecule has 1 unspecified atom stereocenters. The molecule has 1 aliphatic heterocycles. The van der Waals surface area contributed by atoms with Crippen LogP contribution in [0.1, 0.15) is 18.4 Å². The summed E-state index contributed by atoms with van der Waals surface area (Å²) in [6.07, 6.45) is 1.94. The molecule has 0 spiro atoms. The molecule has 1 saturated heterocycles. The Balaban J connectivity index is 1.95. The van der Waals surface area contributed by atoms with Gasteiger partial charge in [0, 0.05) is 19.8 Å². The second-order valence-corrected chi connectivity index (χ2v) is 4.72. The second kappa shape index (κ2) is 6.29. The van der Waals surface area contributed by atoms with Crippen LogP contribution >= 0.6 is 0 Å². The minimum atomic E-state index is -1.10. The Hall–Kier alpha value is -0.940. The zero-order valence-corrected chi connectivity index (χ0v) is 10.5. The highest BCUT2D eigenvalue weighted by Gasteiger charge is 2.29. The summed E-state index contributed by atoms with van der Waals surface area (Å²) in [6.45, 7) is 1.85. The van der Waals surface area contributed by atoms with E-state index in [1.807, 2.05) is 30.3 Å². The van der Waals surface area contributed by atoms with Crippen molar-refractivity contribution in [3.05, 3.63) is 35.9 Å². The first kappa shape index (κ1) is 13.5. The van der Waals surface area contributed by atoms with Crippen LogP contribution in [0.5, 0.6) is 0 Å². The molecule has 0 aromatic heterocycles. The van der Waals surface area contributed by atoms with E-state index in [9.17, 15) is 5.11 Å². The summed E-state index contributed by atoms with van der Waals surface area (Å²) in [5.74, 6) is 0. The van der Waals surface area contributed by atoms with Crippen molar-refractivity contribution in [2.24, 2.45) is 5.73 Å². The topological polar surface area (TPSA) is 64.7 Å². The van der Waals surface area contributed by atoms with Crippen LogP contribution < -0.4 is 5.73 Å². The van der Waals surface area contributed by atoms with Gasteiger partial charge in [0.05, 0.1) is 12.7 Å². The Morgan fingerprint density at radius 3 is 2.56 bits per heavy atom. The van der Waals surface area contributed by atoms with E-state index in [2.05, 4.69) is 0 Å². The maximum absolute atomic E-state index is 10.5. The Labute approximate surface area is 108 Å². The normalized spacial score (nSPS) is 20.6. The first-order chi connectivity index (χ1) is 8.74. The third-order valence-electron chi connectivity index (χ3n) is 3.37. The number of aliphatic hydroxyl groups is 1. The summed E-state index contributed by atoms with van der Waals surface area (Å²) in [5, 5.41) is 10.5. The number of rotatable bonds is 5. The van der Waals surface area contributed by atoms with Gasteiger partial charge in [-0.2, -0.15) is 0 Å². The molecule has 4 nitrogen and oxygen atoms in total. The van der Waals surface area contributed by atoms with Crippen molar-refractivity contribution < 1.29 is 14.6 Å². The SMILES string of the molecule is NCC(O)(COC1CCOCC1)c1ccccc1. The maximum atomic E-state index is 10.5. The molecule has 1 aromatic rings. The van der Waals surface area contributed by atoms with Gasteiger partial charge >= 0.3 is 0 Å². The van der Waals surface area contributed by atoms with Gasteiger partial charge in [0.1, 0.15) is 5.60 Å². The first-order valence-corrected chi connectivity index (χ1v) is 6.42. The lowest BCUT2D eigenvalue weighted by Gasteiger charge is -2.30. The lowest BCUT2D eigenvalue weighted by atomic mass is 9.95. The van der Waals surface area contributed by atoms with Crippen LogP contribution in [-0.2, 0) is 15.1 Å². The Morgan fingerprint density at radius 2 is 1.94 bits per heavy atom. The van der Waals surface area contributed by atoms with Crippen LogP contribution in [0.15, 0.2) is 30.3 Å². The molecule has 0 amide bonds. The van der Waals surface area contributed by atoms with Gasteiger partial charge in [0.2, 0.25) is 0 Å². The van der Waals surface area contributed by atoms with E-state index in [0.717, 1.165) is 31.6 Å². The minimum Gasteiger partial charge on any atom is -0.381 e. The zero-order chi connectivity index (χ0) is 12.8. The smallest absolute Gasteiger partial charge is 0.125 e. The van der Waals surface area contributed by atoms with Gasteiger partial charge in [-0.05, 0) is 18.4 Å². The number of benzene rings is 1. The predicted octanol–water partition coefficient (Wildman–Crippen LogP) is 1.03. The molecular weight excluding hydrogens is 230 g/mol. The van der Waals surface area contributed by atoms with E-state index in [1.54, 1.807) is 0 Å². The van der Waals surface area contributed by atoms with Crippen LogP contribution in [0.4, 0.5) is 0 Å². The quantitative estimate of drug-likeness (QED) is 0.820. The highest BCUT2D eigenvalue weighted by atomic mass is 16.5. The summed E-state index contributed by atoms with van der Waals surface area (Å²) >= 11 is 0. The summed E-state index contributed by atoms with van der Waals surface area (Å²) in [4.78, 5) is 0. The van der Waals surface area contributed by atoms with Crippen molar-refractivity contribution in [1.82, 2.24) is 0 Å². The van der Waals surface area contributed by atoms with E-state index >= 15 is 0 Å². The fourth-order valence-electron chi connectivity index (χ4n) is 2.11. The minimum absolute atomic E-state index is 0.153. The van der Waals surface area contributed by atoms with Crippen molar-refractivity contribution in [3.8, 4) is 0 Å². The molecule has 1 heterocycles. The molecule has 1 aliphatic rings. The molecular formula is C14H21NO3. The van der Waals surface area contributed by atoms with Gasteiger partial charge in [-0.15, -0.1) is 0 Å². The molecule has 0 bridgehead atoms. The van der Waals surface area contributed by atoms with Gasteiger partial charge in [-0.1, -0.05) is 30.3 Å². The molecule has 100 valence electrons. The highest BCUT2D eigenvalue weighted by Crippen LogP contribution is 2.22. The van der Waals surface area contributed by atoms with Gasteiger partial charge in [-0.3, -0.25) is 0 Å². The average molecular weight is 251 g/mol. The monoisotopic (exact) mass is 251 g/mol. The summed E-state index contributed by atoms with van der Waals surface area (Å²) in [6, 6.07) is 9.45. The van der Waals surface area contributed by atoms with Crippen molar-refractivity contribution in [2.75, 3.05) is 26.4 Å². The van der Waals surface area contributed by atoms with E-state index in [4.69, 9.17) is 15.2 Å². The van der Waals surface area contributed by atoms with Crippen molar-refractivity contribution >= 4 is 0 Å². The molecule has 1 fully saturated rings. The zero-order valence-electron chi connectivity index (χ0n) is 10.5. The molecule has 0 aliphatic carbocycles. The second-order valence-electron chi connectivity index (χ2n) is 4.72. The highest BCUT2D eigenvalue weighted by molar-refractivity contribution is 5.22. The third-order valence-corrected chi connectivity index (χ3v) is 3.37. The van der Waals surface area contributed by atoms with Gasteiger partial charge in [0.15, 0.2) is 0 Å². The molecule has 4 heteroatoms. The molecule has 0 radical (unpaired) electrons. The first-order valence-electron chi connectivity index (χ1n) is 6.42. The van der Waals surface area contributed by atoms with Crippen LogP contribution in [0.2, 0.25) is 0 Å². The number of hydrogen-bond donors (Lipinski definition) is 2. The van der Waals surface area contributed by atoms with Crippen molar-refractivity contribution in [3.63, 3.8) is 0 Å². The molecule has 0 saturated carbocycles. The van der Waals surface area contributed by atoms with Crippen LogP contribution in [0.3, 0.4) is 0 Å². The molecule has 1 atom stereocenters. The van der Waals surface area contributed by atoms with Crippen LogP contribution in [-0.4, -0.2) is 37.6 Å². The lowest BCUT2D eigenvalue weighted by molar-refractivity contribution is -0.0979. The fraction of sp³-hybridized carbons (Fsp3) is 0.571. The number of hydrogen-bond acceptors (Lipinski definition) is 4. The van der Waals surface area contributed by atoms with Gasteiger partial charge in [-0.25, -0.2) is 0 Å². The van der Waals surface area contributed by atoms with E-state index in [0.29, 0.717) is 0 Å². The average Bonchev–Trinajstić information content (AvgIpc) is 2.47. The van der Waals surface area contributed by atoms with Crippen LogP contribution in [0, 0.1) is 0 Å². The molecule has 2 rings (SSSR count). The predicted molar refractivity (Wildman–Crippen MR) is 69.2 cm³/mol. The fourth-order valence-corrected chi connectivity index (χ4v) is 2.11. The van der Waals surface area contributed by atoms with Crippen molar-refractivity contribution in [2.45, 2.75) is 24.5 Å². The number of nitrogens with two attached hydrogens (primary N) is 1. The van der Waals surface area contributed by atoms with E-state index in [-0.39, 0.29) is 19.3 Å². The number of ether oxygens (including phenoxy) is 2. The van der Waals surface area contributed by atoms with Gasteiger partial charge < -0.3 is 20.3 Å². The Morgan fingerprint density at radius 1 is 1.28 bits per heavy atom. The summed E-state index contributed by atoms with van der Waals surface area (Å²) in [7, 11) is 0. The Kier molecular flexibility index (Phi) is 4.72. The molecule has 18 heavy (non-hydrogen) atoms. The van der Waals surface area contributed by atoms with Gasteiger partial charge in [0.25, 0.3) is 0 Å². The van der Waals surface area contributed by atoms with E-state index < -0.39 is 5.60 Å². The Bertz CT molecular complexity index is 351. The summed E-state index contributed by atoms with van der Waals surface area (Å²) < 4.78 is 11.1. The maximum Gasteiger partial charge on any atom is 0.125 e. The van der Waals surface area contributed by atoms with Crippen LogP contribution in [0.25, 0.3) is 0 Å². The van der Waals surface area contributed by atoms with E-state index in [1.165, 1.54) is 0 Å². The third kappa shape index (κ3) is 3.29. The lowest BCUT2D eigenvalue weighted by Crippen LogP contribution is -2.41.